The fraction of sp³-hybridized carbons (Fsp3) is 0.526. The molecule has 1 aliphatic carbocycles. The van der Waals surface area contributed by atoms with Crippen molar-refractivity contribution in [3.63, 3.8) is 0 Å². The predicted octanol–water partition coefficient (Wildman–Crippen LogP) is 4.74. The second kappa shape index (κ2) is 7.62. The summed E-state index contributed by atoms with van der Waals surface area (Å²) in [5, 5.41) is 4.72. The zero-order valence-corrected chi connectivity index (χ0v) is 13.8. The lowest BCUT2D eigenvalue weighted by Gasteiger charge is -2.13. The number of ether oxygens (including phenoxy) is 1. The lowest BCUT2D eigenvalue weighted by molar-refractivity contribution is 0.261. The van der Waals surface area contributed by atoms with Crippen LogP contribution in [-0.2, 0) is 19.6 Å². The molecule has 1 aromatic carbocycles. The van der Waals surface area contributed by atoms with Crippen LogP contribution in [0, 0.1) is 11.7 Å². The molecule has 3 nitrogen and oxygen atoms in total. The fourth-order valence-corrected chi connectivity index (χ4v) is 3.25. The standard InChI is InChI=1S/C19H25FN2O/c1-2-5-18-12-19(22(21-18)13-15-6-3-4-7-15)23-14-16-8-10-17(20)11-9-16/h8-12,15H,2-7,13-14H2,1H3. The Morgan fingerprint density at radius 3 is 2.65 bits per heavy atom. The van der Waals surface area contributed by atoms with E-state index in [1.807, 2.05) is 4.68 Å². The second-order valence-electron chi connectivity index (χ2n) is 6.47. The largest absolute Gasteiger partial charge is 0.473 e. The molecular weight excluding hydrogens is 291 g/mol. The van der Waals surface area contributed by atoms with Crippen LogP contribution in [0.15, 0.2) is 30.3 Å². The van der Waals surface area contributed by atoms with Gasteiger partial charge in [0, 0.05) is 12.6 Å². The van der Waals surface area contributed by atoms with Gasteiger partial charge in [0.05, 0.1) is 5.69 Å². The van der Waals surface area contributed by atoms with Crippen LogP contribution in [0.5, 0.6) is 5.88 Å². The van der Waals surface area contributed by atoms with E-state index in [-0.39, 0.29) is 5.82 Å². The molecule has 0 saturated heterocycles. The van der Waals surface area contributed by atoms with Gasteiger partial charge in [-0.15, -0.1) is 0 Å². The van der Waals surface area contributed by atoms with Crippen molar-refractivity contribution >= 4 is 0 Å². The fourth-order valence-electron chi connectivity index (χ4n) is 3.25. The first-order valence-corrected chi connectivity index (χ1v) is 8.68. The highest BCUT2D eigenvalue weighted by molar-refractivity contribution is 5.19. The van der Waals surface area contributed by atoms with Crippen molar-refractivity contribution in [2.45, 2.75) is 58.6 Å². The number of halogens is 1. The van der Waals surface area contributed by atoms with Crippen molar-refractivity contribution in [3.05, 3.63) is 47.4 Å². The Morgan fingerprint density at radius 2 is 1.96 bits per heavy atom. The number of aromatic nitrogens is 2. The third kappa shape index (κ3) is 4.34. The molecule has 0 unspecified atom stereocenters. The maximum atomic E-state index is 13.0. The summed E-state index contributed by atoms with van der Waals surface area (Å²) in [6, 6.07) is 8.52. The summed E-state index contributed by atoms with van der Waals surface area (Å²) >= 11 is 0. The van der Waals surface area contributed by atoms with Crippen LogP contribution in [-0.4, -0.2) is 9.78 Å². The molecule has 1 heterocycles. The number of aryl methyl sites for hydroxylation is 1. The molecule has 0 aliphatic heterocycles. The molecular formula is C19H25FN2O. The van der Waals surface area contributed by atoms with Gasteiger partial charge in [0.25, 0.3) is 0 Å². The summed E-state index contributed by atoms with van der Waals surface area (Å²) in [6.07, 6.45) is 7.31. The normalized spacial score (nSPS) is 15.2. The van der Waals surface area contributed by atoms with Crippen molar-refractivity contribution in [3.8, 4) is 5.88 Å². The molecule has 1 saturated carbocycles. The molecule has 0 radical (unpaired) electrons. The Hall–Kier alpha value is -1.84. The Kier molecular flexibility index (Phi) is 5.31. The van der Waals surface area contributed by atoms with Crippen LogP contribution >= 0.6 is 0 Å². The SMILES string of the molecule is CCCc1cc(OCc2ccc(F)cc2)n(CC2CCCC2)n1. The molecule has 1 aromatic heterocycles. The topological polar surface area (TPSA) is 27.1 Å². The van der Waals surface area contributed by atoms with E-state index in [1.54, 1.807) is 12.1 Å². The smallest absolute Gasteiger partial charge is 0.212 e. The van der Waals surface area contributed by atoms with E-state index < -0.39 is 0 Å². The number of nitrogens with zero attached hydrogens (tertiary/aromatic N) is 2. The van der Waals surface area contributed by atoms with Crippen LogP contribution < -0.4 is 4.74 Å². The first kappa shape index (κ1) is 16.0. The van der Waals surface area contributed by atoms with Crippen molar-refractivity contribution in [1.29, 1.82) is 0 Å². The van der Waals surface area contributed by atoms with Gasteiger partial charge in [-0.1, -0.05) is 38.3 Å². The molecule has 2 aromatic rings. The summed E-state index contributed by atoms with van der Waals surface area (Å²) < 4.78 is 21.0. The molecule has 0 spiro atoms. The van der Waals surface area contributed by atoms with E-state index in [1.165, 1.54) is 37.8 Å². The monoisotopic (exact) mass is 316 g/mol. The summed E-state index contributed by atoms with van der Waals surface area (Å²) in [5.74, 6) is 1.34. The van der Waals surface area contributed by atoms with E-state index in [2.05, 4.69) is 13.0 Å². The molecule has 23 heavy (non-hydrogen) atoms. The molecule has 0 amide bonds. The predicted molar refractivity (Wildman–Crippen MR) is 88.9 cm³/mol. The molecule has 0 bridgehead atoms. The number of hydrogen-bond donors (Lipinski definition) is 0. The first-order valence-electron chi connectivity index (χ1n) is 8.68. The van der Waals surface area contributed by atoms with E-state index in [0.29, 0.717) is 6.61 Å². The number of rotatable bonds is 7. The van der Waals surface area contributed by atoms with Crippen molar-refractivity contribution in [2.24, 2.45) is 5.92 Å². The lowest BCUT2D eigenvalue weighted by Crippen LogP contribution is -2.11. The Labute approximate surface area is 137 Å². The summed E-state index contributed by atoms with van der Waals surface area (Å²) in [7, 11) is 0. The maximum absolute atomic E-state index is 13.0. The Balaban J connectivity index is 1.69. The average Bonchev–Trinajstić information content (AvgIpc) is 3.18. The summed E-state index contributed by atoms with van der Waals surface area (Å²) in [5.41, 5.74) is 2.07. The average molecular weight is 316 g/mol. The van der Waals surface area contributed by atoms with Gasteiger partial charge < -0.3 is 4.74 Å². The van der Waals surface area contributed by atoms with E-state index in [4.69, 9.17) is 9.84 Å². The minimum Gasteiger partial charge on any atom is -0.473 e. The van der Waals surface area contributed by atoms with Crippen LogP contribution in [0.2, 0.25) is 0 Å². The van der Waals surface area contributed by atoms with Gasteiger partial charge in [0.2, 0.25) is 5.88 Å². The zero-order chi connectivity index (χ0) is 16.1. The van der Waals surface area contributed by atoms with Crippen LogP contribution in [0.1, 0.15) is 50.3 Å². The highest BCUT2D eigenvalue weighted by Crippen LogP contribution is 2.28. The number of hydrogen-bond acceptors (Lipinski definition) is 2. The van der Waals surface area contributed by atoms with E-state index in [9.17, 15) is 4.39 Å². The molecule has 0 atom stereocenters. The van der Waals surface area contributed by atoms with Gasteiger partial charge >= 0.3 is 0 Å². The van der Waals surface area contributed by atoms with Gasteiger partial charge in [0.1, 0.15) is 12.4 Å². The van der Waals surface area contributed by atoms with Crippen molar-refractivity contribution < 1.29 is 9.13 Å². The van der Waals surface area contributed by atoms with Gasteiger partial charge in [0.15, 0.2) is 0 Å². The third-order valence-electron chi connectivity index (χ3n) is 4.51. The highest BCUT2D eigenvalue weighted by Gasteiger charge is 2.18. The first-order chi connectivity index (χ1) is 11.2. The molecule has 3 rings (SSSR count). The number of benzene rings is 1. The maximum Gasteiger partial charge on any atom is 0.212 e. The molecule has 1 fully saturated rings. The highest BCUT2D eigenvalue weighted by atomic mass is 19.1. The third-order valence-corrected chi connectivity index (χ3v) is 4.51. The van der Waals surface area contributed by atoms with Crippen LogP contribution in [0.3, 0.4) is 0 Å². The molecule has 1 aliphatic rings. The molecule has 4 heteroatoms. The lowest BCUT2D eigenvalue weighted by atomic mass is 10.1. The van der Waals surface area contributed by atoms with Crippen LogP contribution in [0.25, 0.3) is 0 Å². The van der Waals surface area contributed by atoms with Crippen molar-refractivity contribution in [2.75, 3.05) is 0 Å². The van der Waals surface area contributed by atoms with E-state index >= 15 is 0 Å². The zero-order valence-electron chi connectivity index (χ0n) is 13.8. The summed E-state index contributed by atoms with van der Waals surface area (Å²) in [4.78, 5) is 0. The minimum atomic E-state index is -0.217. The summed E-state index contributed by atoms with van der Waals surface area (Å²) in [6.45, 7) is 3.56. The van der Waals surface area contributed by atoms with Crippen LogP contribution in [0.4, 0.5) is 4.39 Å². The van der Waals surface area contributed by atoms with Gasteiger partial charge in [-0.25, -0.2) is 9.07 Å². The Bertz CT molecular complexity index is 615. The van der Waals surface area contributed by atoms with Gasteiger partial charge in [-0.05, 0) is 42.9 Å². The van der Waals surface area contributed by atoms with Gasteiger partial charge in [-0.2, -0.15) is 5.10 Å². The molecule has 0 N–H and O–H groups in total. The Morgan fingerprint density at radius 1 is 1.22 bits per heavy atom. The van der Waals surface area contributed by atoms with E-state index in [0.717, 1.165) is 42.4 Å². The quantitative estimate of drug-likeness (QED) is 0.737. The second-order valence-corrected chi connectivity index (χ2v) is 6.47. The van der Waals surface area contributed by atoms with Gasteiger partial charge in [-0.3, -0.25) is 0 Å². The molecule has 124 valence electrons. The van der Waals surface area contributed by atoms with Crippen molar-refractivity contribution in [1.82, 2.24) is 9.78 Å². The minimum absolute atomic E-state index is 0.217.